The lowest BCUT2D eigenvalue weighted by Gasteiger charge is -2.12. The zero-order valence-electron chi connectivity index (χ0n) is 11.4. The maximum atomic E-state index is 6.35. The number of fused-ring (bicyclic) bond motifs is 3. The first-order chi connectivity index (χ1) is 10.7. The Morgan fingerprint density at radius 2 is 1.86 bits per heavy atom. The van der Waals surface area contributed by atoms with Gasteiger partial charge in [0.05, 0.1) is 29.8 Å². The Hall–Kier alpha value is -2.17. The lowest BCUT2D eigenvalue weighted by Crippen LogP contribution is -2.08. The van der Waals surface area contributed by atoms with Crippen LogP contribution in [0.25, 0.3) is 5.69 Å². The van der Waals surface area contributed by atoms with Gasteiger partial charge in [-0.1, -0.05) is 46.6 Å². The molecule has 0 fully saturated rings. The summed E-state index contributed by atoms with van der Waals surface area (Å²) in [5.41, 5.74) is 4.41. The third-order valence-corrected chi connectivity index (χ3v) is 4.15. The molecule has 108 valence electrons. The van der Waals surface area contributed by atoms with Crippen LogP contribution in [0.15, 0.2) is 53.7 Å². The molecular formula is C16H10Cl2N4. The second kappa shape index (κ2) is 5.23. The lowest BCUT2D eigenvalue weighted by atomic mass is 10.0. The Bertz CT molecular complexity index is 899. The van der Waals surface area contributed by atoms with Gasteiger partial charge in [0, 0.05) is 21.2 Å². The van der Waals surface area contributed by atoms with Crippen molar-refractivity contribution < 1.29 is 0 Å². The molecule has 4 nitrogen and oxygen atoms in total. The van der Waals surface area contributed by atoms with Gasteiger partial charge in [-0.2, -0.15) is 0 Å². The van der Waals surface area contributed by atoms with Crippen molar-refractivity contribution in [3.63, 3.8) is 0 Å². The van der Waals surface area contributed by atoms with E-state index >= 15 is 0 Å². The van der Waals surface area contributed by atoms with Crippen LogP contribution < -0.4 is 0 Å². The van der Waals surface area contributed by atoms with Gasteiger partial charge in [0.2, 0.25) is 0 Å². The Morgan fingerprint density at radius 1 is 1.00 bits per heavy atom. The van der Waals surface area contributed by atoms with E-state index in [4.69, 9.17) is 28.2 Å². The number of aromatic nitrogens is 3. The largest absolute Gasteiger partial charge is 0.278 e. The van der Waals surface area contributed by atoms with Crippen molar-refractivity contribution in [2.75, 3.05) is 0 Å². The molecule has 0 amide bonds. The molecule has 0 atom stereocenters. The summed E-state index contributed by atoms with van der Waals surface area (Å²) in [6.45, 7) is 0.486. The quantitative estimate of drug-likeness (QED) is 0.679. The van der Waals surface area contributed by atoms with Crippen molar-refractivity contribution in [2.45, 2.75) is 6.54 Å². The van der Waals surface area contributed by atoms with E-state index < -0.39 is 0 Å². The zero-order chi connectivity index (χ0) is 15.1. The van der Waals surface area contributed by atoms with E-state index in [0.717, 1.165) is 28.2 Å². The number of rotatable bonds is 1. The van der Waals surface area contributed by atoms with Crippen LogP contribution in [-0.4, -0.2) is 20.7 Å². The monoisotopic (exact) mass is 328 g/mol. The standard InChI is InChI=1S/C16H10Cl2N4/c17-10-5-6-15-13(7-10)16(12-3-1-2-4-14(12)18)19-8-11-9-20-21-22(11)15/h1-7,9H,8H2. The summed E-state index contributed by atoms with van der Waals surface area (Å²) in [6.07, 6.45) is 1.72. The Labute approximate surface area is 137 Å². The molecule has 0 saturated heterocycles. The second-order valence-electron chi connectivity index (χ2n) is 4.94. The van der Waals surface area contributed by atoms with Gasteiger partial charge in [0.1, 0.15) is 0 Å². The average Bonchev–Trinajstić information content (AvgIpc) is 2.92. The number of benzene rings is 2. The summed E-state index contributed by atoms with van der Waals surface area (Å²) in [6, 6.07) is 13.3. The van der Waals surface area contributed by atoms with E-state index in [1.54, 1.807) is 10.9 Å². The van der Waals surface area contributed by atoms with Crippen molar-refractivity contribution in [1.82, 2.24) is 15.0 Å². The van der Waals surface area contributed by atoms with Gasteiger partial charge < -0.3 is 0 Å². The zero-order valence-corrected chi connectivity index (χ0v) is 12.9. The molecular weight excluding hydrogens is 319 g/mol. The Kier molecular flexibility index (Phi) is 3.21. The lowest BCUT2D eigenvalue weighted by molar-refractivity contribution is 0.767. The molecule has 2 aromatic carbocycles. The molecule has 0 N–H and O–H groups in total. The highest BCUT2D eigenvalue weighted by molar-refractivity contribution is 6.36. The highest BCUT2D eigenvalue weighted by Gasteiger charge is 2.21. The predicted octanol–water partition coefficient (Wildman–Crippen LogP) is 3.93. The van der Waals surface area contributed by atoms with Crippen LogP contribution in [-0.2, 0) is 6.54 Å². The van der Waals surface area contributed by atoms with Gasteiger partial charge in [-0.25, -0.2) is 4.68 Å². The summed E-state index contributed by atoms with van der Waals surface area (Å²) < 4.78 is 1.79. The maximum Gasteiger partial charge on any atom is 0.0860 e. The fourth-order valence-electron chi connectivity index (χ4n) is 2.58. The summed E-state index contributed by atoms with van der Waals surface area (Å²) in [5.74, 6) is 0. The van der Waals surface area contributed by atoms with Crippen LogP contribution in [0, 0.1) is 0 Å². The second-order valence-corrected chi connectivity index (χ2v) is 5.79. The Morgan fingerprint density at radius 3 is 2.73 bits per heavy atom. The molecule has 6 heteroatoms. The summed E-state index contributed by atoms with van der Waals surface area (Å²) in [5, 5.41) is 9.42. The van der Waals surface area contributed by atoms with E-state index in [0.29, 0.717) is 16.6 Å². The molecule has 2 heterocycles. The highest BCUT2D eigenvalue weighted by Crippen LogP contribution is 2.29. The van der Waals surface area contributed by atoms with Gasteiger partial charge in [-0.05, 0) is 24.3 Å². The molecule has 0 spiro atoms. The van der Waals surface area contributed by atoms with Gasteiger partial charge in [-0.15, -0.1) is 5.10 Å². The molecule has 1 aliphatic rings. The third-order valence-electron chi connectivity index (χ3n) is 3.59. The number of hydrogen-bond acceptors (Lipinski definition) is 3. The molecule has 4 rings (SSSR count). The van der Waals surface area contributed by atoms with Crippen LogP contribution in [0.1, 0.15) is 16.8 Å². The SMILES string of the molecule is Clc1ccc2c(c1)C(c1ccccc1Cl)=NCc1cnnn1-2. The minimum Gasteiger partial charge on any atom is -0.278 e. The summed E-state index contributed by atoms with van der Waals surface area (Å²) >= 11 is 12.5. The van der Waals surface area contributed by atoms with Crippen LogP contribution in [0.5, 0.6) is 0 Å². The molecule has 0 saturated carbocycles. The van der Waals surface area contributed by atoms with Gasteiger partial charge in [0.25, 0.3) is 0 Å². The van der Waals surface area contributed by atoms with Gasteiger partial charge in [-0.3, -0.25) is 4.99 Å². The first-order valence-electron chi connectivity index (χ1n) is 6.73. The third kappa shape index (κ3) is 2.12. The molecule has 0 unspecified atom stereocenters. The van der Waals surface area contributed by atoms with Crippen molar-refractivity contribution in [3.8, 4) is 5.69 Å². The highest BCUT2D eigenvalue weighted by atomic mass is 35.5. The van der Waals surface area contributed by atoms with E-state index in [9.17, 15) is 0 Å². The summed E-state index contributed by atoms with van der Waals surface area (Å²) in [4.78, 5) is 4.72. The van der Waals surface area contributed by atoms with Crippen molar-refractivity contribution in [2.24, 2.45) is 4.99 Å². The maximum absolute atomic E-state index is 6.35. The minimum absolute atomic E-state index is 0.486. The first-order valence-corrected chi connectivity index (χ1v) is 7.49. The molecule has 0 aliphatic carbocycles. The van der Waals surface area contributed by atoms with Crippen LogP contribution in [0.4, 0.5) is 0 Å². The van der Waals surface area contributed by atoms with Gasteiger partial charge in [0.15, 0.2) is 0 Å². The van der Waals surface area contributed by atoms with E-state index in [2.05, 4.69) is 10.3 Å². The number of halogens is 2. The minimum atomic E-state index is 0.486. The van der Waals surface area contributed by atoms with Crippen molar-refractivity contribution in [1.29, 1.82) is 0 Å². The van der Waals surface area contributed by atoms with Crippen LogP contribution in [0.3, 0.4) is 0 Å². The molecule has 22 heavy (non-hydrogen) atoms. The van der Waals surface area contributed by atoms with E-state index in [1.807, 2.05) is 42.5 Å². The molecule has 0 bridgehead atoms. The van der Waals surface area contributed by atoms with Crippen LogP contribution in [0.2, 0.25) is 10.0 Å². The molecule has 3 aromatic rings. The smallest absolute Gasteiger partial charge is 0.0860 e. The Balaban J connectivity index is 2.01. The van der Waals surface area contributed by atoms with Crippen LogP contribution >= 0.6 is 23.2 Å². The normalized spacial score (nSPS) is 13.1. The fourth-order valence-corrected chi connectivity index (χ4v) is 2.98. The molecule has 1 aromatic heterocycles. The average molecular weight is 329 g/mol. The van der Waals surface area contributed by atoms with E-state index in [-0.39, 0.29) is 0 Å². The van der Waals surface area contributed by atoms with Crippen molar-refractivity contribution >= 4 is 28.9 Å². The molecule has 1 aliphatic heterocycles. The number of hydrogen-bond donors (Lipinski definition) is 0. The van der Waals surface area contributed by atoms with Crippen molar-refractivity contribution in [3.05, 3.63) is 75.5 Å². The fraction of sp³-hybridized carbons (Fsp3) is 0.0625. The van der Waals surface area contributed by atoms with E-state index in [1.165, 1.54) is 0 Å². The topological polar surface area (TPSA) is 43.1 Å². The molecule has 0 radical (unpaired) electrons. The predicted molar refractivity (Wildman–Crippen MR) is 87.2 cm³/mol. The number of nitrogens with zero attached hydrogens (tertiary/aromatic N) is 4. The number of aliphatic imine (C=N–C) groups is 1. The summed E-state index contributed by atoms with van der Waals surface area (Å²) in [7, 11) is 0. The van der Waals surface area contributed by atoms with Gasteiger partial charge >= 0.3 is 0 Å². The first kappa shape index (κ1) is 13.5.